The van der Waals surface area contributed by atoms with Crippen LogP contribution in [-0.2, 0) is 6.42 Å². The second-order valence-corrected chi connectivity index (χ2v) is 10.1. The summed E-state index contributed by atoms with van der Waals surface area (Å²) in [7, 11) is 0. The molecule has 1 aromatic heterocycles. The van der Waals surface area contributed by atoms with Crippen molar-refractivity contribution in [3.05, 3.63) is 74.3 Å². The molecule has 2 heterocycles. The topological polar surface area (TPSA) is 103 Å². The number of aliphatic hydroxyl groups excluding tert-OH is 2. The zero-order valence-corrected chi connectivity index (χ0v) is 21.0. The van der Waals surface area contributed by atoms with Gasteiger partial charge in [-0.1, -0.05) is 37.6 Å². The number of anilines is 1. The number of carboxylic acids is 1. The van der Waals surface area contributed by atoms with Crippen LogP contribution in [0.5, 0.6) is 0 Å². The number of aromatic nitrogens is 1. The largest absolute Gasteiger partial charge is 0.477 e. The van der Waals surface area contributed by atoms with Gasteiger partial charge in [-0.15, -0.1) is 0 Å². The normalized spacial score (nSPS) is 15.6. The van der Waals surface area contributed by atoms with Gasteiger partial charge in [0.1, 0.15) is 11.4 Å². The fourth-order valence-corrected chi connectivity index (χ4v) is 5.10. The summed E-state index contributed by atoms with van der Waals surface area (Å²) in [4.78, 5) is 27.3. The number of fused-ring (bicyclic) bond motifs is 1. The maximum absolute atomic E-state index is 14.8. The maximum Gasteiger partial charge on any atom is 0.341 e. The molecular weight excluding hydrogens is 487 g/mol. The van der Waals surface area contributed by atoms with Crippen LogP contribution in [0.4, 0.5) is 10.1 Å². The lowest BCUT2D eigenvalue weighted by Gasteiger charge is -2.34. The van der Waals surface area contributed by atoms with Gasteiger partial charge in [-0.25, -0.2) is 9.18 Å². The summed E-state index contributed by atoms with van der Waals surface area (Å²) in [5.74, 6) is -1.94. The zero-order valence-electron chi connectivity index (χ0n) is 20.2. The molecule has 0 unspecified atom stereocenters. The molecule has 0 spiro atoms. The van der Waals surface area contributed by atoms with E-state index in [-0.39, 0.29) is 29.4 Å². The van der Waals surface area contributed by atoms with Crippen molar-refractivity contribution in [2.24, 2.45) is 5.92 Å². The summed E-state index contributed by atoms with van der Waals surface area (Å²) in [6.07, 6.45) is 2.18. The number of rotatable bonds is 7. The Hall–Kier alpha value is -2.94. The number of nitrogens with zero attached hydrogens (tertiary/aromatic N) is 2. The van der Waals surface area contributed by atoms with Crippen molar-refractivity contribution in [3.8, 4) is 0 Å². The molecule has 1 saturated heterocycles. The van der Waals surface area contributed by atoms with Gasteiger partial charge in [0, 0.05) is 36.8 Å². The van der Waals surface area contributed by atoms with Gasteiger partial charge in [-0.3, -0.25) is 4.79 Å². The van der Waals surface area contributed by atoms with E-state index in [0.717, 1.165) is 5.69 Å². The molecule has 1 aliphatic heterocycles. The third-order valence-electron chi connectivity index (χ3n) is 6.99. The Kier molecular flexibility index (Phi) is 7.68. The molecule has 7 nitrogen and oxygen atoms in total. The quantitative estimate of drug-likeness (QED) is 0.434. The summed E-state index contributed by atoms with van der Waals surface area (Å²) < 4.78 is 16.5. The van der Waals surface area contributed by atoms with Gasteiger partial charge in [0.25, 0.3) is 0 Å². The molecule has 0 aliphatic carbocycles. The first-order chi connectivity index (χ1) is 17.1. The number of benzene rings is 2. The molecule has 1 atom stereocenters. The van der Waals surface area contributed by atoms with Crippen LogP contribution < -0.4 is 10.3 Å². The van der Waals surface area contributed by atoms with Crippen LogP contribution in [-0.4, -0.2) is 51.7 Å². The van der Waals surface area contributed by atoms with Crippen molar-refractivity contribution in [2.45, 2.75) is 45.3 Å². The number of aromatic carboxylic acids is 1. The van der Waals surface area contributed by atoms with E-state index in [4.69, 9.17) is 11.6 Å². The highest BCUT2D eigenvalue weighted by atomic mass is 35.5. The van der Waals surface area contributed by atoms with Crippen LogP contribution in [0.15, 0.2) is 41.3 Å². The summed E-state index contributed by atoms with van der Waals surface area (Å²) in [6, 6.07) is 7.74. The number of carbonyl (C=O) groups is 1. The van der Waals surface area contributed by atoms with E-state index in [1.54, 1.807) is 22.8 Å². The van der Waals surface area contributed by atoms with E-state index < -0.39 is 34.9 Å². The molecule has 3 aromatic rings. The number of hydrogen-bond donors (Lipinski definition) is 3. The highest BCUT2D eigenvalue weighted by Gasteiger charge is 2.25. The SMILES string of the molecule is CC(C)[C@@H](CO)n1cc(C(=O)O)c(=O)c2cc(Cc3cccc(Cl)c3F)c(N3CCC(O)CC3)cc21. The fourth-order valence-electron chi connectivity index (χ4n) is 4.91. The maximum atomic E-state index is 14.8. The lowest BCUT2D eigenvalue weighted by atomic mass is 9.96. The van der Waals surface area contributed by atoms with E-state index in [2.05, 4.69) is 4.90 Å². The Balaban J connectivity index is 2.01. The molecule has 36 heavy (non-hydrogen) atoms. The van der Waals surface area contributed by atoms with Gasteiger partial charge in [0.2, 0.25) is 5.43 Å². The molecule has 0 bridgehead atoms. The van der Waals surface area contributed by atoms with Crippen LogP contribution in [0.3, 0.4) is 0 Å². The number of hydrogen-bond acceptors (Lipinski definition) is 5. The van der Waals surface area contributed by atoms with Crippen LogP contribution in [0, 0.1) is 11.7 Å². The van der Waals surface area contributed by atoms with Crippen LogP contribution in [0.1, 0.15) is 54.2 Å². The fraction of sp³-hybridized carbons (Fsp3) is 0.407. The molecular formula is C27H30ClFN2O5. The smallest absolute Gasteiger partial charge is 0.341 e. The highest BCUT2D eigenvalue weighted by molar-refractivity contribution is 6.30. The van der Waals surface area contributed by atoms with Crippen molar-refractivity contribution in [3.63, 3.8) is 0 Å². The van der Waals surface area contributed by atoms with E-state index >= 15 is 0 Å². The average Bonchev–Trinajstić information content (AvgIpc) is 2.84. The first kappa shape index (κ1) is 26.1. The van der Waals surface area contributed by atoms with Crippen molar-refractivity contribution in [1.82, 2.24) is 4.57 Å². The van der Waals surface area contributed by atoms with Crippen molar-refractivity contribution < 1.29 is 24.5 Å². The minimum atomic E-state index is -1.35. The summed E-state index contributed by atoms with van der Waals surface area (Å²) in [5, 5.41) is 30.1. The van der Waals surface area contributed by atoms with Crippen LogP contribution in [0.2, 0.25) is 5.02 Å². The van der Waals surface area contributed by atoms with Crippen molar-refractivity contribution >= 4 is 34.2 Å². The lowest BCUT2D eigenvalue weighted by molar-refractivity contribution is 0.0694. The summed E-state index contributed by atoms with van der Waals surface area (Å²) in [5.41, 5.74) is 1.24. The lowest BCUT2D eigenvalue weighted by Crippen LogP contribution is -2.36. The minimum absolute atomic E-state index is 0.00539. The van der Waals surface area contributed by atoms with Gasteiger partial charge in [-0.05, 0) is 48.1 Å². The third-order valence-corrected chi connectivity index (χ3v) is 7.29. The summed E-state index contributed by atoms with van der Waals surface area (Å²) in [6.45, 7) is 4.73. The molecule has 0 radical (unpaired) electrons. The van der Waals surface area contributed by atoms with Crippen LogP contribution in [0.25, 0.3) is 10.9 Å². The first-order valence-corrected chi connectivity index (χ1v) is 12.4. The van der Waals surface area contributed by atoms with E-state index in [1.807, 2.05) is 19.9 Å². The van der Waals surface area contributed by atoms with Gasteiger partial charge < -0.3 is 24.8 Å². The predicted octanol–water partition coefficient (Wildman–Crippen LogP) is 4.23. The minimum Gasteiger partial charge on any atom is -0.477 e. The first-order valence-electron chi connectivity index (χ1n) is 12.0. The van der Waals surface area contributed by atoms with Gasteiger partial charge in [0.15, 0.2) is 0 Å². The molecule has 3 N–H and O–H groups in total. The number of carboxylic acid groups (broad SMARTS) is 1. The van der Waals surface area contributed by atoms with E-state index in [0.29, 0.717) is 42.6 Å². The van der Waals surface area contributed by atoms with Crippen molar-refractivity contribution in [1.29, 1.82) is 0 Å². The third kappa shape index (κ3) is 4.98. The van der Waals surface area contributed by atoms with E-state index in [9.17, 15) is 29.3 Å². The monoisotopic (exact) mass is 516 g/mol. The van der Waals surface area contributed by atoms with Gasteiger partial charge >= 0.3 is 5.97 Å². The standard InChI is InChI=1S/C27H30ClFN2O5/c1-15(2)24(14-32)31-13-20(27(35)36)26(34)19-11-17(10-16-4-3-5-21(28)25(16)29)22(12-23(19)31)30-8-6-18(33)7-9-30/h3-5,11-13,15,18,24,32-33H,6-10,14H2,1-2H3,(H,35,36)/t24-/m1/s1. The molecule has 0 amide bonds. The second-order valence-electron chi connectivity index (χ2n) is 9.68. The Bertz CT molecular complexity index is 1350. The number of pyridine rings is 1. The Labute approximate surface area is 213 Å². The van der Waals surface area contributed by atoms with Gasteiger partial charge in [-0.2, -0.15) is 0 Å². The average molecular weight is 517 g/mol. The molecule has 1 aliphatic rings. The summed E-state index contributed by atoms with van der Waals surface area (Å²) >= 11 is 6.01. The number of halogens is 2. The predicted molar refractivity (Wildman–Crippen MR) is 138 cm³/mol. The highest BCUT2D eigenvalue weighted by Crippen LogP contribution is 2.33. The van der Waals surface area contributed by atoms with Crippen molar-refractivity contribution in [2.75, 3.05) is 24.6 Å². The molecule has 2 aromatic carbocycles. The molecule has 0 saturated carbocycles. The number of aliphatic hydroxyl groups is 2. The van der Waals surface area contributed by atoms with Gasteiger partial charge in [0.05, 0.1) is 29.3 Å². The Morgan fingerprint density at radius 2 is 1.89 bits per heavy atom. The molecule has 4 rings (SSSR count). The Morgan fingerprint density at radius 1 is 1.19 bits per heavy atom. The number of piperidine rings is 1. The second kappa shape index (κ2) is 10.6. The zero-order chi connectivity index (χ0) is 26.1. The van der Waals surface area contributed by atoms with E-state index in [1.165, 1.54) is 12.3 Å². The molecule has 192 valence electrons. The molecule has 1 fully saturated rings. The van der Waals surface area contributed by atoms with Crippen LogP contribution >= 0.6 is 11.6 Å². The molecule has 9 heteroatoms. The Morgan fingerprint density at radius 3 is 2.50 bits per heavy atom.